The molecule has 3 rings (SSSR count). The van der Waals surface area contributed by atoms with Crippen molar-refractivity contribution in [1.82, 2.24) is 29.6 Å². The van der Waals surface area contributed by atoms with Crippen molar-refractivity contribution in [2.45, 2.75) is 51.6 Å². The molecule has 1 N–H and O–H groups in total. The van der Waals surface area contributed by atoms with Gasteiger partial charge >= 0.3 is 18.4 Å². The second kappa shape index (κ2) is 12.0. The molecular formula is C25H28F6N6O3. The Morgan fingerprint density at radius 1 is 1.12 bits per heavy atom. The standard InChI is InChI=1S/C25H28F6N6O3/c1-6-15(8-9-24(26,27)28)34-23(38)37(7-2)20(25(29,30)31)17-10-16(19(39-4)11-32-17)18-13-36-12-14(3)33-21(36)22(35-18)40-5/h8-13,15,20H,6-7H2,1-5H3,(H,34,38)/b9-8+. The van der Waals surface area contributed by atoms with Gasteiger partial charge in [0.25, 0.3) is 5.88 Å². The van der Waals surface area contributed by atoms with Crippen LogP contribution >= 0.6 is 0 Å². The number of fused-ring (bicyclic) bond motifs is 1. The molecule has 2 atom stereocenters. The number of carbonyl (C=O) groups excluding carboxylic acids is 1. The van der Waals surface area contributed by atoms with Gasteiger partial charge in [0.1, 0.15) is 5.75 Å². The van der Waals surface area contributed by atoms with Gasteiger partial charge in [0.15, 0.2) is 6.04 Å². The topological polar surface area (TPSA) is 93.9 Å². The van der Waals surface area contributed by atoms with Gasteiger partial charge < -0.3 is 24.1 Å². The molecule has 9 nitrogen and oxygen atoms in total. The fraction of sp³-hybridized carbons (Fsp3) is 0.440. The molecule has 2 amide bonds. The Morgan fingerprint density at radius 2 is 1.82 bits per heavy atom. The van der Waals surface area contributed by atoms with Gasteiger partial charge in [-0.2, -0.15) is 26.3 Å². The van der Waals surface area contributed by atoms with E-state index in [0.717, 1.165) is 12.3 Å². The van der Waals surface area contributed by atoms with E-state index in [2.05, 4.69) is 20.3 Å². The Hall–Kier alpha value is -4.04. The van der Waals surface area contributed by atoms with Crippen LogP contribution < -0.4 is 14.8 Å². The first-order chi connectivity index (χ1) is 18.7. The third kappa shape index (κ3) is 6.93. The highest BCUT2D eigenvalue weighted by molar-refractivity contribution is 5.76. The second-order valence-electron chi connectivity index (χ2n) is 8.65. The Labute approximate surface area is 225 Å². The smallest absolute Gasteiger partial charge is 0.414 e. The number of imidazole rings is 1. The van der Waals surface area contributed by atoms with Gasteiger partial charge in [0, 0.05) is 36.6 Å². The summed E-state index contributed by atoms with van der Waals surface area (Å²) >= 11 is 0. The number of nitrogens with one attached hydrogen (secondary N) is 1. The van der Waals surface area contributed by atoms with Crippen LogP contribution in [0.2, 0.25) is 0 Å². The molecule has 0 spiro atoms. The lowest BCUT2D eigenvalue weighted by Gasteiger charge is -2.33. The van der Waals surface area contributed by atoms with Gasteiger partial charge in [-0.3, -0.25) is 4.98 Å². The molecule has 0 saturated carbocycles. The number of carbonyl (C=O) groups is 1. The van der Waals surface area contributed by atoms with Crippen LogP contribution in [-0.2, 0) is 0 Å². The van der Waals surface area contributed by atoms with Crippen LogP contribution in [0.3, 0.4) is 0 Å². The molecule has 0 radical (unpaired) electrons. The molecule has 0 aliphatic carbocycles. The maximum Gasteiger partial charge on any atom is 0.414 e. The fourth-order valence-electron chi connectivity index (χ4n) is 4.03. The summed E-state index contributed by atoms with van der Waals surface area (Å²) in [5.74, 6) is 0.219. The lowest BCUT2D eigenvalue weighted by Crippen LogP contribution is -2.49. The molecule has 0 saturated heterocycles. The summed E-state index contributed by atoms with van der Waals surface area (Å²) in [6.07, 6.45) is -4.72. The number of urea groups is 1. The van der Waals surface area contributed by atoms with Crippen molar-refractivity contribution >= 4 is 11.7 Å². The predicted octanol–water partition coefficient (Wildman–Crippen LogP) is 5.65. The molecular weight excluding hydrogens is 546 g/mol. The highest BCUT2D eigenvalue weighted by Crippen LogP contribution is 2.40. The van der Waals surface area contributed by atoms with Crippen molar-refractivity contribution < 1.29 is 40.6 Å². The van der Waals surface area contributed by atoms with Crippen molar-refractivity contribution in [3.63, 3.8) is 0 Å². The van der Waals surface area contributed by atoms with Crippen molar-refractivity contribution in [1.29, 1.82) is 0 Å². The number of ether oxygens (including phenoxy) is 2. The SMILES string of the molecule is CCC(/C=C/C(F)(F)F)NC(=O)N(CC)C(c1cc(-c2cn3cc(C)nc3c(OC)n2)c(OC)cn1)C(F)(F)F. The molecule has 0 aliphatic heterocycles. The van der Waals surface area contributed by atoms with Crippen LogP contribution in [0.25, 0.3) is 16.9 Å². The maximum absolute atomic E-state index is 14.5. The summed E-state index contributed by atoms with van der Waals surface area (Å²) in [6.45, 7) is 4.12. The first-order valence-corrected chi connectivity index (χ1v) is 12.1. The summed E-state index contributed by atoms with van der Waals surface area (Å²) in [7, 11) is 2.68. The van der Waals surface area contributed by atoms with E-state index in [9.17, 15) is 31.1 Å². The van der Waals surface area contributed by atoms with E-state index in [-0.39, 0.29) is 35.4 Å². The molecule has 15 heteroatoms. The number of halogens is 6. The lowest BCUT2D eigenvalue weighted by atomic mass is 10.1. The van der Waals surface area contributed by atoms with Crippen molar-refractivity contribution in [2.24, 2.45) is 0 Å². The number of allylic oxidation sites excluding steroid dienone is 1. The minimum absolute atomic E-state index is 0.0151. The number of pyridine rings is 1. The maximum atomic E-state index is 14.5. The highest BCUT2D eigenvalue weighted by Gasteiger charge is 2.47. The van der Waals surface area contributed by atoms with Crippen LogP contribution in [0.5, 0.6) is 11.6 Å². The number of amides is 2. The van der Waals surface area contributed by atoms with E-state index in [1.807, 2.05) is 0 Å². The van der Waals surface area contributed by atoms with Crippen LogP contribution in [0, 0.1) is 6.92 Å². The number of aromatic nitrogens is 4. The monoisotopic (exact) mass is 574 g/mol. The molecule has 40 heavy (non-hydrogen) atoms. The zero-order chi connectivity index (χ0) is 29.8. The summed E-state index contributed by atoms with van der Waals surface area (Å²) < 4.78 is 93.4. The van der Waals surface area contributed by atoms with Crippen LogP contribution in [0.4, 0.5) is 31.1 Å². The zero-order valence-corrected chi connectivity index (χ0v) is 22.3. The summed E-state index contributed by atoms with van der Waals surface area (Å²) in [5, 5.41) is 2.23. The van der Waals surface area contributed by atoms with Gasteiger partial charge in [0.2, 0.25) is 5.65 Å². The van der Waals surface area contributed by atoms with E-state index in [0.29, 0.717) is 22.3 Å². The average Bonchev–Trinajstić information content (AvgIpc) is 3.27. The largest absolute Gasteiger partial charge is 0.494 e. The zero-order valence-electron chi connectivity index (χ0n) is 22.3. The third-order valence-corrected chi connectivity index (χ3v) is 5.87. The number of nitrogens with zero attached hydrogens (tertiary/aromatic N) is 5. The van der Waals surface area contributed by atoms with E-state index in [4.69, 9.17) is 9.47 Å². The molecule has 0 aromatic carbocycles. The Morgan fingerprint density at radius 3 is 2.38 bits per heavy atom. The van der Waals surface area contributed by atoms with Crippen molar-refractivity contribution in [3.05, 3.63) is 48.2 Å². The number of aryl methyl sites for hydroxylation is 1. The Bertz CT molecular complexity index is 1370. The van der Waals surface area contributed by atoms with Crippen LogP contribution in [0.15, 0.2) is 36.8 Å². The highest BCUT2D eigenvalue weighted by atomic mass is 19.4. The molecule has 218 valence electrons. The van der Waals surface area contributed by atoms with Crippen molar-refractivity contribution in [2.75, 3.05) is 20.8 Å². The number of methoxy groups -OCH3 is 2. The predicted molar refractivity (Wildman–Crippen MR) is 133 cm³/mol. The first-order valence-electron chi connectivity index (χ1n) is 12.1. The molecule has 3 aromatic heterocycles. The first kappa shape index (κ1) is 30.5. The van der Waals surface area contributed by atoms with Gasteiger partial charge in [-0.1, -0.05) is 13.0 Å². The number of hydrogen-bond acceptors (Lipinski definition) is 6. The Balaban J connectivity index is 2.08. The van der Waals surface area contributed by atoms with Gasteiger partial charge in [0.05, 0.1) is 37.5 Å². The molecule has 3 aromatic rings. The van der Waals surface area contributed by atoms with Gasteiger partial charge in [-0.05, 0) is 26.3 Å². The van der Waals surface area contributed by atoms with Crippen LogP contribution in [0.1, 0.15) is 37.7 Å². The second-order valence-corrected chi connectivity index (χ2v) is 8.65. The van der Waals surface area contributed by atoms with Gasteiger partial charge in [-0.15, -0.1) is 0 Å². The molecule has 3 heterocycles. The fourth-order valence-corrected chi connectivity index (χ4v) is 4.03. The van der Waals surface area contributed by atoms with E-state index >= 15 is 0 Å². The average molecular weight is 575 g/mol. The number of hydrogen-bond donors (Lipinski definition) is 1. The van der Waals surface area contributed by atoms with Crippen LogP contribution in [-0.4, -0.2) is 69.4 Å². The summed E-state index contributed by atoms with van der Waals surface area (Å²) in [4.78, 5) is 26.0. The number of alkyl halides is 6. The summed E-state index contributed by atoms with van der Waals surface area (Å²) in [5.41, 5.74) is 0.797. The van der Waals surface area contributed by atoms with Gasteiger partial charge in [-0.25, -0.2) is 14.8 Å². The third-order valence-electron chi connectivity index (χ3n) is 5.87. The molecule has 2 unspecified atom stereocenters. The normalized spacial score (nSPS) is 13.9. The summed E-state index contributed by atoms with van der Waals surface area (Å²) in [6, 6.07) is -3.80. The molecule has 0 aliphatic rings. The number of rotatable bonds is 9. The molecule has 0 fully saturated rings. The Kier molecular flexibility index (Phi) is 9.15. The minimum Gasteiger partial charge on any atom is -0.494 e. The molecule has 0 bridgehead atoms. The lowest BCUT2D eigenvalue weighted by molar-refractivity contribution is -0.179. The van der Waals surface area contributed by atoms with E-state index < -0.39 is 42.7 Å². The van der Waals surface area contributed by atoms with Crippen molar-refractivity contribution in [3.8, 4) is 22.9 Å². The quantitative estimate of drug-likeness (QED) is 0.262. The minimum atomic E-state index is -4.99. The van der Waals surface area contributed by atoms with E-state index in [1.165, 1.54) is 34.3 Å². The van der Waals surface area contributed by atoms with E-state index in [1.54, 1.807) is 17.5 Å².